The number of nitrogens with two attached hydrogens (primary N) is 1. The van der Waals surface area contributed by atoms with Gasteiger partial charge in [0, 0.05) is 22.6 Å². The minimum Gasteiger partial charge on any atom is -0.456 e. The predicted molar refractivity (Wildman–Crippen MR) is 115 cm³/mol. The van der Waals surface area contributed by atoms with E-state index in [0.29, 0.717) is 5.76 Å². The summed E-state index contributed by atoms with van der Waals surface area (Å²) in [6.45, 7) is 0. The molecule has 0 saturated heterocycles. The molecule has 3 aromatic carbocycles. The maximum Gasteiger partial charge on any atom is 0.238 e. The predicted octanol–water partition coefficient (Wildman–Crippen LogP) is 4.38. The van der Waals surface area contributed by atoms with Crippen LogP contribution in [0.25, 0.3) is 11.3 Å². The zero-order valence-corrected chi connectivity index (χ0v) is 16.4. The molecule has 4 rings (SSSR count). The van der Waals surface area contributed by atoms with Gasteiger partial charge in [0.05, 0.1) is 4.90 Å². The van der Waals surface area contributed by atoms with E-state index < -0.39 is 10.0 Å². The van der Waals surface area contributed by atoms with Gasteiger partial charge in [-0.3, -0.25) is 0 Å². The number of para-hydroxylation sites is 1. The molecule has 1 aliphatic heterocycles. The van der Waals surface area contributed by atoms with Crippen molar-refractivity contribution < 1.29 is 13.2 Å². The molecular weight excluding hydrogens is 390 g/mol. The highest BCUT2D eigenvalue weighted by Crippen LogP contribution is 2.45. The Labute approximate surface area is 169 Å². The summed E-state index contributed by atoms with van der Waals surface area (Å²) in [4.78, 5) is 0.0562. The normalized spacial score (nSPS) is 16.2. The molecule has 1 heterocycles. The number of allylic oxidation sites excluding steroid dienone is 1. The van der Waals surface area contributed by atoms with E-state index >= 15 is 0 Å². The Kier molecular flexibility index (Phi) is 4.85. The van der Waals surface area contributed by atoms with Crippen LogP contribution in [0.4, 0.5) is 0 Å². The van der Waals surface area contributed by atoms with Crippen molar-refractivity contribution in [2.24, 2.45) is 5.14 Å². The van der Waals surface area contributed by atoms with E-state index in [0.717, 1.165) is 28.0 Å². The zero-order valence-electron chi connectivity index (χ0n) is 14.8. The average Bonchev–Trinajstić information content (AvgIpc) is 2.72. The second-order valence-electron chi connectivity index (χ2n) is 6.43. The highest BCUT2D eigenvalue weighted by Gasteiger charge is 2.30. The second-order valence-corrected chi connectivity index (χ2v) is 8.27. The molecule has 1 atom stereocenters. The summed E-state index contributed by atoms with van der Waals surface area (Å²) in [7, 11) is -3.76. The monoisotopic (exact) mass is 407 g/mol. The van der Waals surface area contributed by atoms with E-state index in [1.807, 2.05) is 54.6 Å². The van der Waals surface area contributed by atoms with E-state index in [1.54, 1.807) is 17.5 Å². The third kappa shape index (κ3) is 3.38. The fraction of sp³-hybridized carbons (Fsp3) is 0.0455. The largest absolute Gasteiger partial charge is 0.456 e. The van der Waals surface area contributed by atoms with Gasteiger partial charge in [-0.05, 0) is 41.3 Å². The van der Waals surface area contributed by atoms with Crippen LogP contribution in [0, 0.1) is 0 Å². The number of sulfonamides is 1. The van der Waals surface area contributed by atoms with E-state index in [1.165, 1.54) is 12.1 Å². The molecule has 1 unspecified atom stereocenters. The fourth-order valence-corrected chi connectivity index (χ4v) is 4.17. The number of hydrogen-bond donors (Lipinski definition) is 1. The van der Waals surface area contributed by atoms with Crippen LogP contribution in [0.1, 0.15) is 22.6 Å². The first kappa shape index (κ1) is 18.6. The molecule has 0 aliphatic carbocycles. The Morgan fingerprint density at radius 1 is 0.857 bits per heavy atom. The highest BCUT2D eigenvalue weighted by atomic mass is 32.2. The van der Waals surface area contributed by atoms with Crippen molar-refractivity contribution >= 4 is 38.9 Å². The number of primary sulfonamides is 1. The van der Waals surface area contributed by atoms with Gasteiger partial charge in [-0.25, -0.2) is 13.6 Å². The van der Waals surface area contributed by atoms with Gasteiger partial charge in [0.15, 0.2) is 0 Å². The van der Waals surface area contributed by atoms with Crippen LogP contribution >= 0.6 is 12.2 Å². The van der Waals surface area contributed by atoms with Gasteiger partial charge < -0.3 is 4.74 Å². The number of ether oxygens (including phenoxy) is 1. The molecule has 0 saturated carbocycles. The van der Waals surface area contributed by atoms with Crippen LogP contribution in [0.15, 0.2) is 83.8 Å². The summed E-state index contributed by atoms with van der Waals surface area (Å²) in [6.07, 6.45) is 0. The van der Waals surface area contributed by atoms with Crippen LogP contribution in [-0.2, 0) is 10.0 Å². The van der Waals surface area contributed by atoms with Crippen molar-refractivity contribution in [3.05, 3.63) is 95.6 Å². The molecule has 0 amide bonds. The summed E-state index contributed by atoms with van der Waals surface area (Å²) < 4.78 is 29.4. The lowest BCUT2D eigenvalue weighted by molar-refractivity contribution is 0.500. The maximum atomic E-state index is 11.6. The van der Waals surface area contributed by atoms with Gasteiger partial charge >= 0.3 is 0 Å². The van der Waals surface area contributed by atoms with Gasteiger partial charge in [0.2, 0.25) is 10.0 Å². The Balaban J connectivity index is 1.94. The Bertz CT molecular complexity index is 1170. The molecule has 0 fully saturated rings. The number of benzene rings is 3. The standard InChI is InChI=1S/C22H17NO3S2/c23-28(24,25)17-12-10-16(11-13-17)22-21(15-6-2-1-3-7-15)19(14-27)18-8-4-5-9-20(18)26-22/h1-14,19H,(H2,23,24,25). The number of hydrogen-bond acceptors (Lipinski definition) is 4. The number of rotatable bonds is 4. The topological polar surface area (TPSA) is 69.4 Å². The molecule has 3 aromatic rings. The quantitative estimate of drug-likeness (QED) is 0.652. The third-order valence-corrected chi connectivity index (χ3v) is 5.89. The van der Waals surface area contributed by atoms with Gasteiger partial charge in [-0.2, -0.15) is 0 Å². The summed E-state index contributed by atoms with van der Waals surface area (Å²) in [5.41, 5.74) is 3.69. The minimum atomic E-state index is -3.76. The van der Waals surface area contributed by atoms with Crippen LogP contribution in [0.3, 0.4) is 0 Å². The summed E-state index contributed by atoms with van der Waals surface area (Å²) in [5.74, 6) is 1.26. The first-order chi connectivity index (χ1) is 13.5. The Morgan fingerprint density at radius 2 is 1.50 bits per heavy atom. The molecule has 0 bridgehead atoms. The second kappa shape index (κ2) is 7.31. The van der Waals surface area contributed by atoms with Gasteiger partial charge in [-0.1, -0.05) is 60.7 Å². The van der Waals surface area contributed by atoms with E-state index in [-0.39, 0.29) is 10.8 Å². The van der Waals surface area contributed by atoms with Crippen LogP contribution in [0.5, 0.6) is 5.75 Å². The lowest BCUT2D eigenvalue weighted by Crippen LogP contribution is -2.16. The van der Waals surface area contributed by atoms with Gasteiger partial charge in [0.25, 0.3) is 0 Å². The van der Waals surface area contributed by atoms with Gasteiger partial charge in [-0.15, -0.1) is 0 Å². The SMILES string of the molecule is NS(=O)(=O)c1ccc(C2=C(c3ccccc3)C(C=S)c3ccccc3O2)cc1. The fourth-order valence-electron chi connectivity index (χ4n) is 3.37. The van der Waals surface area contributed by atoms with Crippen LogP contribution in [0.2, 0.25) is 0 Å². The van der Waals surface area contributed by atoms with Crippen molar-refractivity contribution in [1.82, 2.24) is 0 Å². The maximum absolute atomic E-state index is 11.6. The smallest absolute Gasteiger partial charge is 0.238 e. The van der Waals surface area contributed by atoms with Crippen LogP contribution < -0.4 is 9.88 Å². The summed E-state index contributed by atoms with van der Waals surface area (Å²) in [5, 5.41) is 6.96. The molecule has 2 N–H and O–H groups in total. The molecule has 6 heteroatoms. The molecule has 0 aromatic heterocycles. The highest BCUT2D eigenvalue weighted by molar-refractivity contribution is 7.89. The van der Waals surface area contributed by atoms with Gasteiger partial charge in [0.1, 0.15) is 11.5 Å². The lowest BCUT2D eigenvalue weighted by Gasteiger charge is -2.29. The van der Waals surface area contributed by atoms with E-state index in [4.69, 9.17) is 22.1 Å². The summed E-state index contributed by atoms with van der Waals surface area (Å²) in [6, 6.07) is 24.1. The Hall–Kier alpha value is -2.80. The molecule has 1 aliphatic rings. The molecular formula is C22H17NO3S2. The average molecular weight is 408 g/mol. The first-order valence-corrected chi connectivity index (χ1v) is 10.7. The first-order valence-electron chi connectivity index (χ1n) is 8.64. The molecule has 0 radical (unpaired) electrons. The Morgan fingerprint density at radius 3 is 2.14 bits per heavy atom. The lowest BCUT2D eigenvalue weighted by atomic mass is 9.83. The molecule has 0 spiro atoms. The van der Waals surface area contributed by atoms with Crippen molar-refractivity contribution in [1.29, 1.82) is 0 Å². The van der Waals surface area contributed by atoms with Crippen molar-refractivity contribution in [3.8, 4) is 5.75 Å². The zero-order chi connectivity index (χ0) is 19.7. The van der Waals surface area contributed by atoms with E-state index in [9.17, 15) is 8.42 Å². The summed E-state index contributed by atoms with van der Waals surface area (Å²) >= 11 is 5.39. The van der Waals surface area contributed by atoms with Crippen LogP contribution in [-0.4, -0.2) is 13.8 Å². The third-order valence-electron chi connectivity index (χ3n) is 4.69. The molecule has 140 valence electrons. The van der Waals surface area contributed by atoms with Crippen molar-refractivity contribution in [2.45, 2.75) is 10.8 Å². The number of fused-ring (bicyclic) bond motifs is 1. The molecule has 4 nitrogen and oxygen atoms in total. The van der Waals surface area contributed by atoms with Crippen molar-refractivity contribution in [3.63, 3.8) is 0 Å². The number of thiocarbonyl (C=S) groups is 1. The minimum absolute atomic E-state index is 0.0562. The van der Waals surface area contributed by atoms with Crippen molar-refractivity contribution in [2.75, 3.05) is 0 Å². The van der Waals surface area contributed by atoms with E-state index in [2.05, 4.69) is 0 Å². The molecule has 28 heavy (non-hydrogen) atoms.